The largest absolute Gasteiger partial charge is 0.351 e. The van der Waals surface area contributed by atoms with Gasteiger partial charge in [-0.3, -0.25) is 4.79 Å². The first-order valence-corrected chi connectivity index (χ1v) is 7.98. The van der Waals surface area contributed by atoms with Crippen LogP contribution in [0.1, 0.15) is 33.8 Å². The van der Waals surface area contributed by atoms with Gasteiger partial charge in [-0.1, -0.05) is 19.1 Å². The van der Waals surface area contributed by atoms with Gasteiger partial charge in [0, 0.05) is 27.6 Å². The molecule has 0 aliphatic heterocycles. The quantitative estimate of drug-likeness (QED) is 0.817. The molecule has 0 spiro atoms. The van der Waals surface area contributed by atoms with Crippen molar-refractivity contribution in [2.45, 2.75) is 19.8 Å². The van der Waals surface area contributed by atoms with Gasteiger partial charge in [-0.25, -0.2) is 4.98 Å². The van der Waals surface area contributed by atoms with E-state index in [1.165, 1.54) is 0 Å². The standard InChI is InChI=1S/C14H15IN2OS/c1-9-4-3-5-11(12(9)15)13(18)17-8-10(2)14-16-6-7-19-14/h3-7,10H,8H2,1-2H3,(H,17,18). The van der Waals surface area contributed by atoms with Crippen LogP contribution in [0.2, 0.25) is 0 Å². The van der Waals surface area contributed by atoms with Crippen LogP contribution in [0.4, 0.5) is 0 Å². The summed E-state index contributed by atoms with van der Waals surface area (Å²) in [5, 5.41) is 5.99. The Morgan fingerprint density at radius 2 is 2.32 bits per heavy atom. The van der Waals surface area contributed by atoms with Gasteiger partial charge in [0.15, 0.2) is 0 Å². The minimum absolute atomic E-state index is 0.0171. The number of rotatable bonds is 4. The lowest BCUT2D eigenvalue weighted by Crippen LogP contribution is -2.28. The summed E-state index contributed by atoms with van der Waals surface area (Å²) in [6.45, 7) is 4.69. The molecule has 0 saturated carbocycles. The maximum absolute atomic E-state index is 12.2. The number of thiazole rings is 1. The molecule has 0 radical (unpaired) electrons. The number of hydrogen-bond donors (Lipinski definition) is 1. The van der Waals surface area contributed by atoms with Crippen molar-refractivity contribution in [3.8, 4) is 0 Å². The van der Waals surface area contributed by atoms with Gasteiger partial charge in [-0.15, -0.1) is 11.3 Å². The molecule has 1 unspecified atom stereocenters. The van der Waals surface area contributed by atoms with Crippen LogP contribution in [0.3, 0.4) is 0 Å². The van der Waals surface area contributed by atoms with Gasteiger partial charge in [0.05, 0.1) is 10.6 Å². The number of hydrogen-bond acceptors (Lipinski definition) is 3. The van der Waals surface area contributed by atoms with Gasteiger partial charge in [0.25, 0.3) is 5.91 Å². The SMILES string of the molecule is Cc1cccc(C(=O)NCC(C)c2nccs2)c1I. The van der Waals surface area contributed by atoms with E-state index in [-0.39, 0.29) is 11.8 Å². The van der Waals surface area contributed by atoms with E-state index < -0.39 is 0 Å². The number of nitrogens with one attached hydrogen (secondary N) is 1. The predicted molar refractivity (Wildman–Crippen MR) is 86.8 cm³/mol. The Bertz CT molecular complexity index is 569. The summed E-state index contributed by atoms with van der Waals surface area (Å²) in [4.78, 5) is 16.4. The minimum atomic E-state index is -0.0171. The van der Waals surface area contributed by atoms with Crippen LogP contribution in [-0.2, 0) is 0 Å². The topological polar surface area (TPSA) is 42.0 Å². The average Bonchev–Trinajstić information content (AvgIpc) is 2.93. The first-order chi connectivity index (χ1) is 9.09. The second-order valence-electron chi connectivity index (χ2n) is 4.42. The van der Waals surface area contributed by atoms with E-state index >= 15 is 0 Å². The fraction of sp³-hybridized carbons (Fsp3) is 0.286. The predicted octanol–water partition coefficient (Wildman–Crippen LogP) is 3.59. The molecule has 1 aromatic heterocycles. The lowest BCUT2D eigenvalue weighted by Gasteiger charge is -2.11. The number of halogens is 1. The molecule has 2 rings (SSSR count). The Morgan fingerprint density at radius 1 is 1.53 bits per heavy atom. The summed E-state index contributed by atoms with van der Waals surface area (Å²) in [7, 11) is 0. The van der Waals surface area contributed by atoms with Crippen molar-refractivity contribution in [3.05, 3.63) is 49.5 Å². The molecule has 1 N–H and O–H groups in total. The molecule has 1 atom stereocenters. The van der Waals surface area contributed by atoms with E-state index in [2.05, 4.69) is 39.8 Å². The van der Waals surface area contributed by atoms with Gasteiger partial charge in [0.1, 0.15) is 0 Å². The van der Waals surface area contributed by atoms with Crippen molar-refractivity contribution < 1.29 is 4.79 Å². The highest BCUT2D eigenvalue weighted by Crippen LogP contribution is 2.18. The van der Waals surface area contributed by atoms with Gasteiger partial charge < -0.3 is 5.32 Å². The lowest BCUT2D eigenvalue weighted by atomic mass is 10.1. The van der Waals surface area contributed by atoms with E-state index in [1.807, 2.05) is 30.5 Å². The second-order valence-corrected chi connectivity index (χ2v) is 6.42. The molecule has 2 aromatic rings. The van der Waals surface area contributed by atoms with Crippen LogP contribution in [-0.4, -0.2) is 17.4 Å². The van der Waals surface area contributed by atoms with Crippen molar-refractivity contribution >= 4 is 39.8 Å². The number of aromatic nitrogens is 1. The monoisotopic (exact) mass is 386 g/mol. The summed E-state index contributed by atoms with van der Waals surface area (Å²) in [6.07, 6.45) is 1.79. The molecule has 0 saturated heterocycles. The van der Waals surface area contributed by atoms with Crippen molar-refractivity contribution in [2.75, 3.05) is 6.54 Å². The van der Waals surface area contributed by atoms with Crippen molar-refractivity contribution in [1.29, 1.82) is 0 Å². The molecule has 19 heavy (non-hydrogen) atoms. The van der Waals surface area contributed by atoms with Crippen molar-refractivity contribution in [1.82, 2.24) is 10.3 Å². The van der Waals surface area contributed by atoms with E-state index in [1.54, 1.807) is 17.5 Å². The van der Waals surface area contributed by atoms with Gasteiger partial charge in [-0.2, -0.15) is 0 Å². The molecule has 1 aromatic carbocycles. The molecule has 1 amide bonds. The average molecular weight is 386 g/mol. The zero-order valence-corrected chi connectivity index (χ0v) is 13.8. The zero-order valence-electron chi connectivity index (χ0n) is 10.8. The maximum Gasteiger partial charge on any atom is 0.252 e. The fourth-order valence-electron chi connectivity index (χ4n) is 1.73. The van der Waals surface area contributed by atoms with Crippen LogP contribution < -0.4 is 5.32 Å². The highest BCUT2D eigenvalue weighted by molar-refractivity contribution is 14.1. The molecule has 100 valence electrons. The molecule has 0 aliphatic rings. The molecule has 3 nitrogen and oxygen atoms in total. The number of nitrogens with zero attached hydrogens (tertiary/aromatic N) is 1. The van der Waals surface area contributed by atoms with Crippen molar-refractivity contribution in [2.24, 2.45) is 0 Å². The van der Waals surface area contributed by atoms with Crippen molar-refractivity contribution in [3.63, 3.8) is 0 Å². The second kappa shape index (κ2) is 6.47. The van der Waals surface area contributed by atoms with Crippen LogP contribution in [0.25, 0.3) is 0 Å². The van der Waals surface area contributed by atoms with E-state index in [4.69, 9.17) is 0 Å². The number of aryl methyl sites for hydroxylation is 1. The Kier molecular flexibility index (Phi) is 4.93. The Hall–Kier alpha value is -0.950. The smallest absolute Gasteiger partial charge is 0.252 e. The van der Waals surface area contributed by atoms with Crippen LogP contribution >= 0.6 is 33.9 Å². The summed E-state index contributed by atoms with van der Waals surface area (Å²) in [5.41, 5.74) is 1.87. The van der Waals surface area contributed by atoms with Crippen LogP contribution in [0.5, 0.6) is 0 Å². The molecular weight excluding hydrogens is 371 g/mol. The summed E-state index contributed by atoms with van der Waals surface area (Å²) in [6, 6.07) is 5.78. The number of carbonyl (C=O) groups excluding carboxylic acids is 1. The summed E-state index contributed by atoms with van der Waals surface area (Å²) < 4.78 is 1.01. The zero-order chi connectivity index (χ0) is 13.8. The molecule has 1 heterocycles. The van der Waals surface area contributed by atoms with E-state index in [9.17, 15) is 4.79 Å². The van der Waals surface area contributed by atoms with Gasteiger partial charge in [-0.05, 0) is 41.1 Å². The van der Waals surface area contributed by atoms with E-state index in [0.717, 1.165) is 19.7 Å². The lowest BCUT2D eigenvalue weighted by molar-refractivity contribution is 0.0950. The third kappa shape index (κ3) is 3.54. The summed E-state index contributed by atoms with van der Waals surface area (Å²) >= 11 is 3.84. The fourth-order valence-corrected chi connectivity index (χ4v) is 3.03. The highest BCUT2D eigenvalue weighted by Gasteiger charge is 2.13. The molecule has 0 bridgehead atoms. The Labute approximate surface area is 130 Å². The first kappa shape index (κ1) is 14.5. The van der Waals surface area contributed by atoms with Crippen LogP contribution in [0.15, 0.2) is 29.8 Å². The Balaban J connectivity index is 2.00. The van der Waals surface area contributed by atoms with Gasteiger partial charge >= 0.3 is 0 Å². The summed E-state index contributed by atoms with van der Waals surface area (Å²) in [5.74, 6) is 0.225. The van der Waals surface area contributed by atoms with E-state index in [0.29, 0.717) is 6.54 Å². The minimum Gasteiger partial charge on any atom is -0.351 e. The first-order valence-electron chi connectivity index (χ1n) is 6.02. The normalized spacial score (nSPS) is 12.2. The third-order valence-corrected chi connectivity index (χ3v) is 5.32. The highest BCUT2D eigenvalue weighted by atomic mass is 127. The molecule has 0 aliphatic carbocycles. The molecular formula is C14H15IN2OS. The molecule has 0 fully saturated rings. The van der Waals surface area contributed by atoms with Crippen LogP contribution in [0, 0.1) is 10.5 Å². The van der Waals surface area contributed by atoms with Gasteiger partial charge in [0.2, 0.25) is 0 Å². The number of carbonyl (C=O) groups is 1. The number of benzene rings is 1. The maximum atomic E-state index is 12.2. The third-order valence-electron chi connectivity index (χ3n) is 2.88. The number of amides is 1. The Morgan fingerprint density at radius 3 is 3.00 bits per heavy atom. The molecule has 5 heteroatoms.